The van der Waals surface area contributed by atoms with Crippen LogP contribution >= 0.6 is 0 Å². The number of benzene rings is 1. The van der Waals surface area contributed by atoms with Gasteiger partial charge in [-0.05, 0) is 32.8 Å². The first kappa shape index (κ1) is 16.8. The monoisotopic (exact) mass is 306 g/mol. The molecule has 0 aromatic heterocycles. The average Bonchev–Trinajstić information content (AvgIpc) is 2.36. The summed E-state index contributed by atoms with van der Waals surface area (Å²) in [5.41, 5.74) is 0.689. The number of alkyl carbamates (subject to hydrolysis) is 1. The highest BCUT2D eigenvalue weighted by atomic mass is 16.6. The van der Waals surface area contributed by atoms with Gasteiger partial charge in [0.15, 0.2) is 0 Å². The average molecular weight is 306 g/mol. The van der Waals surface area contributed by atoms with E-state index < -0.39 is 17.8 Å². The maximum Gasteiger partial charge on any atom is 0.407 e. The Bertz CT molecular complexity index is 484. The first-order chi connectivity index (χ1) is 10.3. The van der Waals surface area contributed by atoms with Crippen LogP contribution in [-0.2, 0) is 11.3 Å². The van der Waals surface area contributed by atoms with Crippen molar-refractivity contribution in [3.63, 3.8) is 0 Å². The smallest absolute Gasteiger partial charge is 0.407 e. The fraction of sp³-hybridized carbons (Fsp3) is 0.588. The first-order valence-corrected chi connectivity index (χ1v) is 7.76. The van der Waals surface area contributed by atoms with Crippen LogP contribution in [-0.4, -0.2) is 46.9 Å². The van der Waals surface area contributed by atoms with Crippen LogP contribution in [0, 0.1) is 0 Å². The molecular formula is C17H26N2O3. The van der Waals surface area contributed by atoms with E-state index in [1.54, 1.807) is 0 Å². The Morgan fingerprint density at radius 3 is 2.64 bits per heavy atom. The summed E-state index contributed by atoms with van der Waals surface area (Å²) in [5, 5.41) is 12.9. The number of aliphatic hydroxyl groups excluding tert-OH is 1. The van der Waals surface area contributed by atoms with Crippen molar-refractivity contribution >= 4 is 6.09 Å². The van der Waals surface area contributed by atoms with Crippen molar-refractivity contribution in [2.24, 2.45) is 0 Å². The number of hydrogen-bond donors (Lipinski definition) is 2. The van der Waals surface area contributed by atoms with Crippen LogP contribution in [0.5, 0.6) is 0 Å². The Morgan fingerprint density at radius 2 is 2.00 bits per heavy atom. The number of β-amino-alcohol motifs (C(OH)–C–C–N with tert-alkyl or cyclic N) is 1. The molecule has 1 fully saturated rings. The lowest BCUT2D eigenvalue weighted by Crippen LogP contribution is -2.52. The number of carbonyl (C=O) groups is 1. The molecule has 0 spiro atoms. The third kappa shape index (κ3) is 5.66. The van der Waals surface area contributed by atoms with Gasteiger partial charge in [0, 0.05) is 25.7 Å². The molecule has 1 aromatic rings. The van der Waals surface area contributed by atoms with Crippen molar-refractivity contribution in [1.82, 2.24) is 10.2 Å². The molecule has 122 valence electrons. The molecular weight excluding hydrogens is 280 g/mol. The number of ether oxygens (including phenoxy) is 1. The summed E-state index contributed by atoms with van der Waals surface area (Å²) in [6, 6.07) is 10.0. The summed E-state index contributed by atoms with van der Waals surface area (Å²) in [7, 11) is 0. The highest BCUT2D eigenvalue weighted by molar-refractivity contribution is 5.68. The van der Waals surface area contributed by atoms with Crippen LogP contribution in [0.4, 0.5) is 4.79 Å². The zero-order valence-corrected chi connectivity index (χ0v) is 13.6. The second-order valence-electron chi connectivity index (χ2n) is 6.91. The molecule has 1 aliphatic rings. The third-order valence-corrected chi connectivity index (χ3v) is 3.47. The number of likely N-dealkylation sites (tertiary alicyclic amines) is 1. The minimum atomic E-state index is -0.513. The SMILES string of the molecule is CC(C)(C)OC(=O)N[C@H]1C[C@@H](O)CN(Cc2ccccc2)C1. The Balaban J connectivity index is 1.89. The lowest BCUT2D eigenvalue weighted by Gasteiger charge is -2.36. The van der Waals surface area contributed by atoms with Crippen molar-refractivity contribution in [2.75, 3.05) is 13.1 Å². The quantitative estimate of drug-likeness (QED) is 0.898. The van der Waals surface area contributed by atoms with Crippen LogP contribution in [0.15, 0.2) is 30.3 Å². The number of nitrogens with one attached hydrogen (secondary N) is 1. The van der Waals surface area contributed by atoms with Gasteiger partial charge in [-0.2, -0.15) is 0 Å². The van der Waals surface area contributed by atoms with E-state index in [1.165, 1.54) is 5.56 Å². The predicted molar refractivity (Wildman–Crippen MR) is 85.5 cm³/mol. The molecule has 2 rings (SSSR count). The van der Waals surface area contributed by atoms with Gasteiger partial charge in [0.25, 0.3) is 0 Å². The second kappa shape index (κ2) is 7.11. The molecule has 2 N–H and O–H groups in total. The molecule has 22 heavy (non-hydrogen) atoms. The van der Waals surface area contributed by atoms with E-state index in [2.05, 4.69) is 22.3 Å². The molecule has 0 unspecified atom stereocenters. The number of piperidine rings is 1. The van der Waals surface area contributed by atoms with Gasteiger partial charge in [-0.1, -0.05) is 30.3 Å². The molecule has 0 saturated carbocycles. The third-order valence-electron chi connectivity index (χ3n) is 3.47. The molecule has 0 radical (unpaired) electrons. The number of carbonyl (C=O) groups excluding carboxylic acids is 1. The van der Waals surface area contributed by atoms with Crippen LogP contribution in [0.1, 0.15) is 32.8 Å². The minimum absolute atomic E-state index is 0.0951. The summed E-state index contributed by atoms with van der Waals surface area (Å²) >= 11 is 0. The molecule has 2 atom stereocenters. The van der Waals surface area contributed by atoms with E-state index in [4.69, 9.17) is 4.74 Å². The van der Waals surface area contributed by atoms with Gasteiger partial charge in [0.05, 0.1) is 6.10 Å². The van der Waals surface area contributed by atoms with Crippen molar-refractivity contribution < 1.29 is 14.6 Å². The van der Waals surface area contributed by atoms with Crippen molar-refractivity contribution in [1.29, 1.82) is 0 Å². The molecule has 1 amide bonds. The zero-order chi connectivity index (χ0) is 16.2. The Kier molecular flexibility index (Phi) is 5.42. The maximum atomic E-state index is 11.9. The number of hydrogen-bond acceptors (Lipinski definition) is 4. The fourth-order valence-electron chi connectivity index (χ4n) is 2.71. The Hall–Kier alpha value is -1.59. The van der Waals surface area contributed by atoms with Crippen LogP contribution in [0.2, 0.25) is 0 Å². The predicted octanol–water partition coefficient (Wildman–Crippen LogP) is 2.15. The minimum Gasteiger partial charge on any atom is -0.444 e. The molecule has 0 bridgehead atoms. The largest absolute Gasteiger partial charge is 0.444 e. The normalized spacial score (nSPS) is 23.1. The van der Waals surface area contributed by atoms with Crippen molar-refractivity contribution in [2.45, 2.75) is 51.5 Å². The maximum absolute atomic E-state index is 11.9. The lowest BCUT2D eigenvalue weighted by molar-refractivity contribution is 0.0292. The highest BCUT2D eigenvalue weighted by Gasteiger charge is 2.28. The van der Waals surface area contributed by atoms with Gasteiger partial charge < -0.3 is 15.2 Å². The summed E-state index contributed by atoms with van der Waals surface area (Å²) in [4.78, 5) is 14.0. The Morgan fingerprint density at radius 1 is 1.32 bits per heavy atom. The summed E-state index contributed by atoms with van der Waals surface area (Å²) in [6.45, 7) is 7.62. The summed E-state index contributed by atoms with van der Waals surface area (Å²) in [5.74, 6) is 0. The fourth-order valence-corrected chi connectivity index (χ4v) is 2.71. The standard InChI is InChI=1S/C17H26N2O3/c1-17(2,3)22-16(21)18-14-9-15(20)12-19(11-14)10-13-7-5-4-6-8-13/h4-8,14-15,20H,9-12H2,1-3H3,(H,18,21)/t14-,15+/m0/s1. The highest BCUT2D eigenvalue weighted by Crippen LogP contribution is 2.15. The van der Waals surface area contributed by atoms with Gasteiger partial charge in [-0.25, -0.2) is 4.79 Å². The first-order valence-electron chi connectivity index (χ1n) is 7.76. The van der Waals surface area contributed by atoms with Gasteiger partial charge >= 0.3 is 6.09 Å². The van der Waals surface area contributed by atoms with Gasteiger partial charge in [0.2, 0.25) is 0 Å². The van der Waals surface area contributed by atoms with E-state index in [-0.39, 0.29) is 6.04 Å². The summed E-state index contributed by atoms with van der Waals surface area (Å²) < 4.78 is 5.28. The molecule has 1 heterocycles. The van der Waals surface area contributed by atoms with Crippen molar-refractivity contribution in [3.05, 3.63) is 35.9 Å². The van der Waals surface area contributed by atoms with Gasteiger partial charge in [0.1, 0.15) is 5.60 Å². The van der Waals surface area contributed by atoms with Gasteiger partial charge in [-0.15, -0.1) is 0 Å². The second-order valence-corrected chi connectivity index (χ2v) is 6.91. The topological polar surface area (TPSA) is 61.8 Å². The molecule has 0 aliphatic carbocycles. The zero-order valence-electron chi connectivity index (χ0n) is 13.6. The van der Waals surface area contributed by atoms with Crippen LogP contribution < -0.4 is 5.32 Å². The van der Waals surface area contributed by atoms with E-state index in [0.29, 0.717) is 19.5 Å². The number of amides is 1. The number of aliphatic hydroxyl groups is 1. The van der Waals surface area contributed by atoms with E-state index >= 15 is 0 Å². The van der Waals surface area contributed by atoms with Crippen molar-refractivity contribution in [3.8, 4) is 0 Å². The lowest BCUT2D eigenvalue weighted by atomic mass is 10.0. The van der Waals surface area contributed by atoms with Crippen LogP contribution in [0.25, 0.3) is 0 Å². The van der Waals surface area contributed by atoms with E-state index in [1.807, 2.05) is 39.0 Å². The summed E-state index contributed by atoms with van der Waals surface area (Å²) in [6.07, 6.45) is -0.298. The van der Waals surface area contributed by atoms with Crippen LogP contribution in [0.3, 0.4) is 0 Å². The molecule has 1 aromatic carbocycles. The van der Waals surface area contributed by atoms with Gasteiger partial charge in [-0.3, -0.25) is 4.90 Å². The molecule has 1 saturated heterocycles. The van der Waals surface area contributed by atoms with E-state index in [9.17, 15) is 9.90 Å². The number of rotatable bonds is 3. The number of nitrogens with zero attached hydrogens (tertiary/aromatic N) is 1. The van der Waals surface area contributed by atoms with E-state index in [0.717, 1.165) is 6.54 Å². The molecule has 5 nitrogen and oxygen atoms in total. The molecule has 5 heteroatoms. The Labute approximate surface area is 132 Å². The molecule has 1 aliphatic heterocycles.